The van der Waals surface area contributed by atoms with Gasteiger partial charge in [0, 0.05) is 6.04 Å². The van der Waals surface area contributed by atoms with Gasteiger partial charge in [-0.1, -0.05) is 25.4 Å². The Morgan fingerprint density at radius 1 is 1.30 bits per heavy atom. The summed E-state index contributed by atoms with van der Waals surface area (Å²) in [5.74, 6) is -1.98. The Morgan fingerprint density at radius 2 is 1.85 bits per heavy atom. The van der Waals surface area contributed by atoms with Crippen LogP contribution in [-0.4, -0.2) is 49.0 Å². The summed E-state index contributed by atoms with van der Waals surface area (Å²) in [5, 5.41) is 20.0. The molecule has 2 atom stereocenters. The fourth-order valence-corrected chi connectivity index (χ4v) is 3.48. The highest BCUT2D eigenvalue weighted by atomic mass is 35.5. The summed E-state index contributed by atoms with van der Waals surface area (Å²) in [5.41, 5.74) is -3.97. The number of benzene rings is 1. The second kappa shape index (κ2) is 8.31. The van der Waals surface area contributed by atoms with Crippen LogP contribution >= 0.6 is 11.6 Å². The van der Waals surface area contributed by atoms with E-state index in [0.29, 0.717) is 0 Å². The molecule has 4 N–H and O–H groups in total. The molecule has 0 saturated heterocycles. The van der Waals surface area contributed by atoms with Crippen molar-refractivity contribution >= 4 is 33.2 Å². The maximum atomic E-state index is 12.7. The fraction of sp³-hybridized carbons (Fsp3) is 0.533. The lowest BCUT2D eigenvalue weighted by atomic mass is 10.1. The van der Waals surface area contributed by atoms with Gasteiger partial charge in [-0.15, -0.1) is 0 Å². The van der Waals surface area contributed by atoms with E-state index in [2.05, 4.69) is 4.72 Å². The predicted octanol–water partition coefficient (Wildman–Crippen LogP) is 1.89. The largest absolute Gasteiger partial charge is 0.426 e. The smallest absolute Gasteiger partial charge is 0.395 e. The lowest BCUT2D eigenvalue weighted by molar-refractivity contribution is -0.242. The molecule has 0 fully saturated rings. The van der Waals surface area contributed by atoms with Gasteiger partial charge in [-0.25, -0.2) is 13.1 Å². The Balaban J connectivity index is 3.08. The highest BCUT2D eigenvalue weighted by Gasteiger charge is 2.55. The number of carbonyl (C=O) groups excluding carboxylic acids is 1. The van der Waals surface area contributed by atoms with Crippen molar-refractivity contribution in [2.45, 2.75) is 43.5 Å². The Bertz CT molecular complexity index is 797. The quantitative estimate of drug-likeness (QED) is 0.525. The molecular weight excluding hydrogens is 413 g/mol. The zero-order valence-electron chi connectivity index (χ0n) is 14.6. The Hall–Kier alpha value is -1.40. The second-order valence-electron chi connectivity index (χ2n) is 6.32. The van der Waals surface area contributed by atoms with E-state index in [0.717, 1.165) is 18.2 Å². The fourth-order valence-electron chi connectivity index (χ4n) is 1.79. The molecule has 0 aliphatic carbocycles. The molecule has 0 heterocycles. The van der Waals surface area contributed by atoms with Gasteiger partial charge in [0.05, 0.1) is 22.2 Å². The average Bonchev–Trinajstić information content (AvgIpc) is 2.52. The first kappa shape index (κ1) is 23.6. The van der Waals surface area contributed by atoms with Gasteiger partial charge in [-0.05, 0) is 31.0 Å². The SMILES string of the molecule is CC(C)C(CO)NS(=O)(=O)c1ccc(NC(=O)[C@@](C)(O)C(F)(F)F)c(Cl)c1. The monoisotopic (exact) mass is 432 g/mol. The lowest BCUT2D eigenvalue weighted by Crippen LogP contribution is -2.52. The predicted molar refractivity (Wildman–Crippen MR) is 92.8 cm³/mol. The van der Waals surface area contributed by atoms with Gasteiger partial charge in [0.25, 0.3) is 5.91 Å². The standard InChI is InChI=1S/C15H20ClF3N2O5S/c1-8(2)12(7-22)21-27(25,26)9-4-5-11(10(16)6-9)20-13(23)14(3,24)15(17,18)19/h4-6,8,12,21-22,24H,7H2,1-3H3,(H,20,23)/t12?,14-/m1/s1. The van der Waals surface area contributed by atoms with Crippen molar-refractivity contribution in [2.75, 3.05) is 11.9 Å². The highest BCUT2D eigenvalue weighted by Crippen LogP contribution is 2.32. The van der Waals surface area contributed by atoms with E-state index in [1.54, 1.807) is 13.8 Å². The molecule has 0 saturated carbocycles. The zero-order valence-corrected chi connectivity index (χ0v) is 16.2. The van der Waals surface area contributed by atoms with Crippen LogP contribution in [0.5, 0.6) is 0 Å². The van der Waals surface area contributed by atoms with Crippen molar-refractivity contribution in [2.24, 2.45) is 5.92 Å². The molecule has 154 valence electrons. The van der Waals surface area contributed by atoms with Crippen molar-refractivity contribution in [3.8, 4) is 0 Å². The molecule has 1 rings (SSSR count). The molecule has 1 aromatic rings. The van der Waals surface area contributed by atoms with Crippen LogP contribution in [0.3, 0.4) is 0 Å². The van der Waals surface area contributed by atoms with Gasteiger partial charge in [0.2, 0.25) is 15.6 Å². The number of carbonyl (C=O) groups is 1. The van der Waals surface area contributed by atoms with E-state index in [1.165, 1.54) is 0 Å². The molecule has 0 aliphatic heterocycles. The minimum absolute atomic E-state index is 0.205. The summed E-state index contributed by atoms with van der Waals surface area (Å²) in [7, 11) is -4.07. The molecular formula is C15H20ClF3N2O5S. The molecule has 1 unspecified atom stereocenters. The maximum Gasteiger partial charge on any atom is 0.426 e. The van der Waals surface area contributed by atoms with E-state index in [1.807, 2.05) is 5.32 Å². The van der Waals surface area contributed by atoms with Crippen LogP contribution in [-0.2, 0) is 14.8 Å². The molecule has 0 radical (unpaired) electrons. The van der Waals surface area contributed by atoms with Crippen molar-refractivity contribution in [1.29, 1.82) is 0 Å². The van der Waals surface area contributed by atoms with Gasteiger partial charge in [0.15, 0.2) is 0 Å². The van der Waals surface area contributed by atoms with E-state index in [4.69, 9.17) is 11.6 Å². The highest BCUT2D eigenvalue weighted by molar-refractivity contribution is 7.89. The van der Waals surface area contributed by atoms with Gasteiger partial charge < -0.3 is 15.5 Å². The minimum Gasteiger partial charge on any atom is -0.395 e. The number of amides is 1. The lowest BCUT2D eigenvalue weighted by Gasteiger charge is -2.25. The van der Waals surface area contributed by atoms with Gasteiger partial charge in [-0.3, -0.25) is 4.79 Å². The Morgan fingerprint density at radius 3 is 2.26 bits per heavy atom. The summed E-state index contributed by atoms with van der Waals surface area (Å²) in [6.45, 7) is 3.23. The summed E-state index contributed by atoms with van der Waals surface area (Å²) in [6, 6.07) is 2.18. The van der Waals surface area contributed by atoms with Crippen LogP contribution in [0.25, 0.3) is 0 Å². The van der Waals surface area contributed by atoms with Crippen LogP contribution in [0.2, 0.25) is 5.02 Å². The number of anilines is 1. The first-order chi connectivity index (χ1) is 12.1. The molecule has 7 nitrogen and oxygen atoms in total. The Labute approximate surface area is 159 Å². The summed E-state index contributed by atoms with van der Waals surface area (Å²) < 4.78 is 65.0. The number of halogens is 4. The van der Waals surface area contributed by atoms with Crippen LogP contribution in [0.4, 0.5) is 18.9 Å². The van der Waals surface area contributed by atoms with Crippen molar-refractivity contribution in [3.63, 3.8) is 0 Å². The van der Waals surface area contributed by atoms with E-state index < -0.39 is 40.4 Å². The van der Waals surface area contributed by atoms with E-state index in [9.17, 15) is 36.6 Å². The maximum absolute atomic E-state index is 12.7. The molecule has 1 amide bonds. The number of hydrogen-bond acceptors (Lipinski definition) is 5. The zero-order chi connectivity index (χ0) is 21.2. The van der Waals surface area contributed by atoms with Gasteiger partial charge in [0.1, 0.15) is 0 Å². The topological polar surface area (TPSA) is 116 Å². The molecule has 12 heteroatoms. The second-order valence-corrected chi connectivity index (χ2v) is 8.44. The molecule has 27 heavy (non-hydrogen) atoms. The van der Waals surface area contributed by atoms with Gasteiger partial charge >= 0.3 is 6.18 Å². The third-order valence-corrected chi connectivity index (χ3v) is 5.60. The molecule has 0 aliphatic rings. The number of sulfonamides is 1. The molecule has 0 bridgehead atoms. The number of aliphatic hydroxyl groups excluding tert-OH is 1. The van der Waals surface area contributed by atoms with Crippen molar-refractivity contribution in [3.05, 3.63) is 23.2 Å². The molecule has 0 spiro atoms. The Kier molecular flexibility index (Phi) is 7.28. The van der Waals surface area contributed by atoms with Crippen LogP contribution < -0.4 is 10.0 Å². The summed E-state index contributed by atoms with van der Waals surface area (Å²) in [4.78, 5) is 11.4. The van der Waals surface area contributed by atoms with Crippen molar-refractivity contribution < 1.29 is 36.6 Å². The number of aliphatic hydroxyl groups is 2. The van der Waals surface area contributed by atoms with Gasteiger partial charge in [-0.2, -0.15) is 13.2 Å². The molecule has 0 aromatic heterocycles. The normalized spacial score (nSPS) is 16.1. The number of rotatable bonds is 7. The van der Waals surface area contributed by atoms with Crippen LogP contribution in [0.15, 0.2) is 23.1 Å². The van der Waals surface area contributed by atoms with E-state index in [-0.39, 0.29) is 28.4 Å². The number of nitrogens with one attached hydrogen (secondary N) is 2. The summed E-state index contributed by atoms with van der Waals surface area (Å²) in [6.07, 6.45) is -5.22. The third-order valence-electron chi connectivity index (χ3n) is 3.80. The first-order valence-electron chi connectivity index (χ1n) is 7.66. The van der Waals surface area contributed by atoms with Crippen molar-refractivity contribution in [1.82, 2.24) is 4.72 Å². The average molecular weight is 433 g/mol. The number of alkyl halides is 3. The summed E-state index contributed by atoms with van der Waals surface area (Å²) >= 11 is 5.86. The minimum atomic E-state index is -5.22. The van der Waals surface area contributed by atoms with E-state index >= 15 is 0 Å². The number of hydrogen-bond donors (Lipinski definition) is 4. The third kappa shape index (κ3) is 5.55. The van der Waals surface area contributed by atoms with Crippen LogP contribution in [0, 0.1) is 5.92 Å². The first-order valence-corrected chi connectivity index (χ1v) is 9.53. The van der Waals surface area contributed by atoms with Crippen LogP contribution in [0.1, 0.15) is 20.8 Å². The molecule has 1 aromatic carbocycles.